The summed E-state index contributed by atoms with van der Waals surface area (Å²) in [6.45, 7) is 0.150. The number of benzene rings is 2. The van der Waals surface area contributed by atoms with Crippen molar-refractivity contribution in [2.45, 2.75) is 0 Å². The lowest BCUT2D eigenvalue weighted by Crippen LogP contribution is -2.22. The van der Waals surface area contributed by atoms with Crippen LogP contribution in [0.5, 0.6) is 5.75 Å². The van der Waals surface area contributed by atoms with E-state index in [1.54, 1.807) is 25.3 Å². The van der Waals surface area contributed by atoms with Crippen molar-refractivity contribution in [3.8, 4) is 5.75 Å². The van der Waals surface area contributed by atoms with Gasteiger partial charge in [0.05, 0.1) is 19.3 Å². The van der Waals surface area contributed by atoms with E-state index in [9.17, 15) is 4.79 Å². The summed E-state index contributed by atoms with van der Waals surface area (Å²) in [4.78, 5) is 12.0. The Morgan fingerprint density at radius 1 is 1.24 bits per heavy atom. The zero-order chi connectivity index (χ0) is 15.2. The van der Waals surface area contributed by atoms with E-state index in [4.69, 9.17) is 16.3 Å². The molecule has 0 fully saturated rings. The Morgan fingerprint density at radius 2 is 1.95 bits per heavy atom. The minimum absolute atomic E-state index is 0.150. The second-order valence-corrected chi connectivity index (χ2v) is 5.61. The van der Waals surface area contributed by atoms with E-state index in [1.165, 1.54) is 0 Å². The van der Waals surface area contributed by atoms with E-state index in [0.717, 1.165) is 10.2 Å². The van der Waals surface area contributed by atoms with Gasteiger partial charge in [-0.3, -0.25) is 4.79 Å². The molecule has 2 N–H and O–H groups in total. The molecule has 0 saturated heterocycles. The van der Waals surface area contributed by atoms with Crippen LogP contribution in [0.4, 0.5) is 11.4 Å². The van der Waals surface area contributed by atoms with Crippen molar-refractivity contribution in [3.05, 3.63) is 52.0 Å². The first-order valence-electron chi connectivity index (χ1n) is 6.21. The predicted molar refractivity (Wildman–Crippen MR) is 89.3 cm³/mol. The number of ether oxygens (including phenoxy) is 1. The molecule has 0 bridgehead atoms. The van der Waals surface area contributed by atoms with Crippen molar-refractivity contribution in [2.24, 2.45) is 0 Å². The number of amides is 1. The van der Waals surface area contributed by atoms with Crippen molar-refractivity contribution in [1.82, 2.24) is 0 Å². The van der Waals surface area contributed by atoms with Crippen molar-refractivity contribution in [3.63, 3.8) is 0 Å². The average molecular weight is 370 g/mol. The topological polar surface area (TPSA) is 50.4 Å². The Hall–Kier alpha value is -1.72. The van der Waals surface area contributed by atoms with Crippen LogP contribution < -0.4 is 15.4 Å². The molecule has 0 aliphatic rings. The molecule has 2 aromatic carbocycles. The normalized spacial score (nSPS) is 10.0. The van der Waals surface area contributed by atoms with Gasteiger partial charge in [0.15, 0.2) is 0 Å². The molecular formula is C15H14BrClN2O2. The first kappa shape index (κ1) is 15.7. The second kappa shape index (κ2) is 7.33. The third-order valence-corrected chi connectivity index (χ3v) is 3.50. The number of anilines is 2. The van der Waals surface area contributed by atoms with Crippen LogP contribution in [0.15, 0.2) is 46.9 Å². The highest BCUT2D eigenvalue weighted by Gasteiger charge is 2.08. The molecular weight excluding hydrogens is 356 g/mol. The molecule has 0 aliphatic heterocycles. The monoisotopic (exact) mass is 368 g/mol. The van der Waals surface area contributed by atoms with Gasteiger partial charge in [0.2, 0.25) is 5.91 Å². The van der Waals surface area contributed by atoms with Gasteiger partial charge in [-0.2, -0.15) is 0 Å². The maximum atomic E-state index is 12.0. The quantitative estimate of drug-likeness (QED) is 0.832. The SMILES string of the molecule is COc1ccc(Cl)cc1NC(=O)CNc1ccc(Br)cc1. The predicted octanol–water partition coefficient (Wildman–Crippen LogP) is 4.16. The number of halogens is 2. The van der Waals surface area contributed by atoms with Gasteiger partial charge in [0.1, 0.15) is 5.75 Å². The average Bonchev–Trinajstić information content (AvgIpc) is 2.47. The summed E-state index contributed by atoms with van der Waals surface area (Å²) in [7, 11) is 1.54. The third-order valence-electron chi connectivity index (χ3n) is 2.73. The fraction of sp³-hybridized carbons (Fsp3) is 0.133. The molecule has 21 heavy (non-hydrogen) atoms. The van der Waals surface area contributed by atoms with Gasteiger partial charge in [-0.25, -0.2) is 0 Å². The molecule has 0 heterocycles. The van der Waals surface area contributed by atoms with Crippen LogP contribution in [0.1, 0.15) is 0 Å². The molecule has 0 radical (unpaired) electrons. The summed E-state index contributed by atoms with van der Waals surface area (Å²) in [5.41, 5.74) is 1.42. The number of nitrogens with one attached hydrogen (secondary N) is 2. The van der Waals surface area contributed by atoms with Crippen molar-refractivity contribution >= 4 is 44.8 Å². The maximum Gasteiger partial charge on any atom is 0.243 e. The Labute approximate surface area is 136 Å². The molecule has 0 aliphatic carbocycles. The highest BCUT2D eigenvalue weighted by Crippen LogP contribution is 2.27. The lowest BCUT2D eigenvalue weighted by Gasteiger charge is -2.11. The molecule has 2 aromatic rings. The van der Waals surface area contributed by atoms with Crippen LogP contribution in [-0.4, -0.2) is 19.6 Å². The zero-order valence-corrected chi connectivity index (χ0v) is 13.7. The summed E-state index contributed by atoms with van der Waals surface area (Å²) >= 11 is 9.28. The van der Waals surface area contributed by atoms with Crippen LogP contribution in [0.25, 0.3) is 0 Å². The van der Waals surface area contributed by atoms with Gasteiger partial charge >= 0.3 is 0 Å². The van der Waals surface area contributed by atoms with Gasteiger partial charge in [-0.05, 0) is 42.5 Å². The largest absolute Gasteiger partial charge is 0.495 e. The van der Waals surface area contributed by atoms with Crippen molar-refractivity contribution in [1.29, 1.82) is 0 Å². The molecule has 110 valence electrons. The summed E-state index contributed by atoms with van der Waals surface area (Å²) in [5.74, 6) is 0.384. The van der Waals surface area contributed by atoms with Crippen LogP contribution >= 0.6 is 27.5 Å². The summed E-state index contributed by atoms with van der Waals surface area (Å²) in [6.07, 6.45) is 0. The Balaban J connectivity index is 1.95. The molecule has 0 saturated carbocycles. The van der Waals surface area contributed by atoms with Crippen molar-refractivity contribution < 1.29 is 9.53 Å². The van der Waals surface area contributed by atoms with E-state index in [0.29, 0.717) is 16.5 Å². The van der Waals surface area contributed by atoms with Crippen molar-refractivity contribution in [2.75, 3.05) is 24.3 Å². The van der Waals surface area contributed by atoms with Gasteiger partial charge in [0.25, 0.3) is 0 Å². The van der Waals surface area contributed by atoms with Gasteiger partial charge in [-0.15, -0.1) is 0 Å². The number of methoxy groups -OCH3 is 1. The van der Waals surface area contributed by atoms with E-state index in [2.05, 4.69) is 26.6 Å². The lowest BCUT2D eigenvalue weighted by molar-refractivity contribution is -0.114. The minimum atomic E-state index is -0.182. The fourth-order valence-corrected chi connectivity index (χ4v) is 2.16. The second-order valence-electron chi connectivity index (χ2n) is 4.25. The number of carbonyl (C=O) groups excluding carboxylic acids is 1. The van der Waals surface area contributed by atoms with Crippen LogP contribution in [0, 0.1) is 0 Å². The van der Waals surface area contributed by atoms with E-state index >= 15 is 0 Å². The summed E-state index contributed by atoms with van der Waals surface area (Å²) in [5, 5.41) is 6.34. The lowest BCUT2D eigenvalue weighted by atomic mass is 10.3. The number of rotatable bonds is 5. The Morgan fingerprint density at radius 3 is 2.62 bits per heavy atom. The first-order valence-corrected chi connectivity index (χ1v) is 7.38. The standard InChI is InChI=1S/C15H14BrClN2O2/c1-21-14-7-4-11(17)8-13(14)19-15(20)9-18-12-5-2-10(16)3-6-12/h2-8,18H,9H2,1H3,(H,19,20). The summed E-state index contributed by atoms with van der Waals surface area (Å²) < 4.78 is 6.17. The van der Waals surface area contributed by atoms with Gasteiger partial charge in [-0.1, -0.05) is 27.5 Å². The van der Waals surface area contributed by atoms with E-state index in [-0.39, 0.29) is 12.5 Å². The third kappa shape index (κ3) is 4.65. The number of carbonyl (C=O) groups is 1. The fourth-order valence-electron chi connectivity index (χ4n) is 1.72. The number of hydrogen-bond donors (Lipinski definition) is 2. The highest BCUT2D eigenvalue weighted by molar-refractivity contribution is 9.10. The van der Waals surface area contributed by atoms with Crippen LogP contribution in [-0.2, 0) is 4.79 Å². The van der Waals surface area contributed by atoms with Crippen LogP contribution in [0.2, 0.25) is 5.02 Å². The molecule has 4 nitrogen and oxygen atoms in total. The molecule has 0 spiro atoms. The molecule has 1 amide bonds. The highest BCUT2D eigenvalue weighted by atomic mass is 79.9. The Bertz CT molecular complexity index is 632. The van der Waals surface area contributed by atoms with Gasteiger partial charge in [0, 0.05) is 15.2 Å². The number of hydrogen-bond acceptors (Lipinski definition) is 3. The molecule has 0 aromatic heterocycles. The van der Waals surface area contributed by atoms with Crippen LogP contribution in [0.3, 0.4) is 0 Å². The summed E-state index contributed by atoms with van der Waals surface area (Å²) in [6, 6.07) is 12.6. The molecule has 6 heteroatoms. The molecule has 2 rings (SSSR count). The smallest absolute Gasteiger partial charge is 0.243 e. The minimum Gasteiger partial charge on any atom is -0.495 e. The zero-order valence-electron chi connectivity index (χ0n) is 11.3. The first-order chi connectivity index (χ1) is 10.1. The van der Waals surface area contributed by atoms with Gasteiger partial charge < -0.3 is 15.4 Å². The maximum absolute atomic E-state index is 12.0. The van der Waals surface area contributed by atoms with E-state index < -0.39 is 0 Å². The molecule has 0 atom stereocenters. The molecule has 0 unspecified atom stereocenters. The van der Waals surface area contributed by atoms with E-state index in [1.807, 2.05) is 24.3 Å². The Kier molecular flexibility index (Phi) is 5.47.